The summed E-state index contributed by atoms with van der Waals surface area (Å²) in [6.45, 7) is 4.99. The van der Waals surface area contributed by atoms with Crippen molar-refractivity contribution in [3.05, 3.63) is 24.3 Å². The van der Waals surface area contributed by atoms with Crippen LogP contribution in [0.3, 0.4) is 0 Å². The van der Waals surface area contributed by atoms with E-state index in [4.69, 9.17) is 5.73 Å². The van der Waals surface area contributed by atoms with E-state index in [2.05, 4.69) is 16.8 Å². The minimum atomic E-state index is -3.23. The van der Waals surface area contributed by atoms with Gasteiger partial charge in [0.15, 0.2) is 9.84 Å². The largest absolute Gasteiger partial charge is 0.364 e. The molecule has 1 aromatic carbocycles. The van der Waals surface area contributed by atoms with Gasteiger partial charge in [-0.25, -0.2) is 8.42 Å². The lowest BCUT2D eigenvalue weighted by Gasteiger charge is -2.41. The van der Waals surface area contributed by atoms with E-state index in [1.807, 2.05) is 19.1 Å². The standard InChI is InChI=1S/C15H25N3O2S/c1-3-10-21(19,20)15-7-5-4-6-14(15)18-9-8-17(2)12-13(18)11-16/h4-7,13H,3,8-12,16H2,1-2H3. The molecule has 0 aliphatic carbocycles. The third-order valence-electron chi connectivity index (χ3n) is 3.94. The molecule has 6 heteroatoms. The fraction of sp³-hybridized carbons (Fsp3) is 0.600. The van der Waals surface area contributed by atoms with Gasteiger partial charge in [-0.3, -0.25) is 0 Å². The van der Waals surface area contributed by atoms with Gasteiger partial charge in [0.25, 0.3) is 0 Å². The first-order valence-corrected chi connectivity index (χ1v) is 9.12. The highest BCUT2D eigenvalue weighted by Gasteiger charge is 2.28. The third kappa shape index (κ3) is 3.56. The Kier molecular flexibility index (Phi) is 5.24. The topological polar surface area (TPSA) is 66.6 Å². The Bertz CT molecular complexity index is 574. The van der Waals surface area contributed by atoms with E-state index in [0.29, 0.717) is 17.9 Å². The van der Waals surface area contributed by atoms with Crippen molar-refractivity contribution in [2.24, 2.45) is 5.73 Å². The Labute approximate surface area is 127 Å². The molecule has 1 aliphatic rings. The van der Waals surface area contributed by atoms with Crippen molar-refractivity contribution in [1.82, 2.24) is 4.90 Å². The van der Waals surface area contributed by atoms with Crippen LogP contribution in [-0.4, -0.2) is 58.3 Å². The number of hydrogen-bond donors (Lipinski definition) is 1. The molecule has 2 N–H and O–H groups in total. The summed E-state index contributed by atoms with van der Waals surface area (Å²) in [4.78, 5) is 4.83. The smallest absolute Gasteiger partial charge is 0.180 e. The van der Waals surface area contributed by atoms with Crippen LogP contribution >= 0.6 is 0 Å². The van der Waals surface area contributed by atoms with Crippen LogP contribution in [0.4, 0.5) is 5.69 Å². The molecule has 0 aromatic heterocycles. The van der Waals surface area contributed by atoms with E-state index >= 15 is 0 Å². The summed E-state index contributed by atoms with van der Waals surface area (Å²) >= 11 is 0. The third-order valence-corrected chi connectivity index (χ3v) is 5.90. The van der Waals surface area contributed by atoms with Crippen molar-refractivity contribution >= 4 is 15.5 Å². The number of nitrogens with zero attached hydrogens (tertiary/aromatic N) is 2. The lowest BCUT2D eigenvalue weighted by molar-refractivity contribution is 0.269. The highest BCUT2D eigenvalue weighted by molar-refractivity contribution is 7.91. The first-order valence-electron chi connectivity index (χ1n) is 7.46. The van der Waals surface area contributed by atoms with E-state index < -0.39 is 9.84 Å². The number of rotatable bonds is 5. The first-order chi connectivity index (χ1) is 9.99. The molecule has 0 saturated carbocycles. The number of nitrogens with two attached hydrogens (primary N) is 1. The number of hydrogen-bond acceptors (Lipinski definition) is 5. The van der Waals surface area contributed by atoms with Crippen molar-refractivity contribution < 1.29 is 8.42 Å². The van der Waals surface area contributed by atoms with E-state index in [-0.39, 0.29) is 11.8 Å². The second kappa shape index (κ2) is 6.77. The van der Waals surface area contributed by atoms with Crippen molar-refractivity contribution in [1.29, 1.82) is 0 Å². The summed E-state index contributed by atoms with van der Waals surface area (Å²) in [6, 6.07) is 7.45. The highest BCUT2D eigenvalue weighted by Crippen LogP contribution is 2.29. The Balaban J connectivity index is 2.40. The Morgan fingerprint density at radius 1 is 1.29 bits per heavy atom. The lowest BCUT2D eigenvalue weighted by Crippen LogP contribution is -2.55. The molecule has 118 valence electrons. The van der Waals surface area contributed by atoms with Crippen LogP contribution in [0.1, 0.15) is 13.3 Å². The molecular formula is C15H25N3O2S. The van der Waals surface area contributed by atoms with Crippen LogP contribution in [0.5, 0.6) is 0 Å². The number of sulfone groups is 1. The second-order valence-corrected chi connectivity index (χ2v) is 7.71. The average molecular weight is 311 g/mol. The minimum Gasteiger partial charge on any atom is -0.364 e. The van der Waals surface area contributed by atoms with Gasteiger partial charge in [0, 0.05) is 26.2 Å². The molecule has 1 saturated heterocycles. The molecule has 1 aromatic rings. The normalized spacial score (nSPS) is 20.7. The number of anilines is 1. The molecule has 1 heterocycles. The highest BCUT2D eigenvalue weighted by atomic mass is 32.2. The van der Waals surface area contributed by atoms with Gasteiger partial charge >= 0.3 is 0 Å². The minimum absolute atomic E-state index is 0.154. The molecule has 1 aliphatic heterocycles. The molecule has 0 amide bonds. The maximum Gasteiger partial charge on any atom is 0.180 e. The van der Waals surface area contributed by atoms with Crippen molar-refractivity contribution in [3.63, 3.8) is 0 Å². The Hall–Kier alpha value is -1.11. The van der Waals surface area contributed by atoms with Crippen molar-refractivity contribution in [3.8, 4) is 0 Å². The Morgan fingerprint density at radius 2 is 2.00 bits per heavy atom. The molecule has 21 heavy (non-hydrogen) atoms. The van der Waals surface area contributed by atoms with Gasteiger partial charge in [0.1, 0.15) is 0 Å². The summed E-state index contributed by atoms with van der Waals surface area (Å²) < 4.78 is 25.0. The Morgan fingerprint density at radius 3 is 2.67 bits per heavy atom. The zero-order valence-corrected chi connectivity index (χ0v) is 13.6. The summed E-state index contributed by atoms with van der Waals surface area (Å²) in [7, 11) is -1.16. The molecule has 0 spiro atoms. The summed E-state index contributed by atoms with van der Waals surface area (Å²) in [5.41, 5.74) is 6.69. The maximum atomic E-state index is 12.5. The van der Waals surface area contributed by atoms with Gasteiger partial charge in [-0.15, -0.1) is 0 Å². The number of likely N-dealkylation sites (N-methyl/N-ethyl adjacent to an activating group) is 1. The second-order valence-electron chi connectivity index (χ2n) is 5.63. The van der Waals surface area contributed by atoms with E-state index in [0.717, 1.165) is 25.3 Å². The van der Waals surface area contributed by atoms with Crippen molar-refractivity contribution in [2.75, 3.05) is 43.9 Å². The lowest BCUT2D eigenvalue weighted by atomic mass is 10.1. The summed E-state index contributed by atoms with van der Waals surface area (Å²) in [5, 5.41) is 0. The van der Waals surface area contributed by atoms with Crippen LogP contribution in [0.2, 0.25) is 0 Å². The molecule has 0 radical (unpaired) electrons. The average Bonchev–Trinajstić information content (AvgIpc) is 2.47. The van der Waals surface area contributed by atoms with Gasteiger partial charge in [-0.1, -0.05) is 19.1 Å². The summed E-state index contributed by atoms with van der Waals surface area (Å²) in [5.74, 6) is 0.186. The zero-order chi connectivity index (χ0) is 15.5. The van der Waals surface area contributed by atoms with E-state index in [9.17, 15) is 8.42 Å². The fourth-order valence-corrected chi connectivity index (χ4v) is 4.41. The van der Waals surface area contributed by atoms with Gasteiger partial charge in [-0.05, 0) is 25.6 Å². The van der Waals surface area contributed by atoms with Gasteiger partial charge in [0.2, 0.25) is 0 Å². The van der Waals surface area contributed by atoms with Crippen LogP contribution in [0.25, 0.3) is 0 Å². The molecule has 1 fully saturated rings. The van der Waals surface area contributed by atoms with Gasteiger partial charge < -0.3 is 15.5 Å². The number of piperazine rings is 1. The van der Waals surface area contributed by atoms with Crippen LogP contribution in [0, 0.1) is 0 Å². The maximum absolute atomic E-state index is 12.5. The molecule has 0 bridgehead atoms. The molecule has 1 unspecified atom stereocenters. The van der Waals surface area contributed by atoms with Crippen LogP contribution in [-0.2, 0) is 9.84 Å². The quantitative estimate of drug-likeness (QED) is 0.877. The fourth-order valence-electron chi connectivity index (χ4n) is 2.87. The number of benzene rings is 1. The molecular weight excluding hydrogens is 286 g/mol. The molecule has 2 rings (SSSR count). The first kappa shape index (κ1) is 16.3. The van der Waals surface area contributed by atoms with Gasteiger partial charge in [0.05, 0.1) is 22.4 Å². The van der Waals surface area contributed by atoms with Gasteiger partial charge in [-0.2, -0.15) is 0 Å². The molecule has 5 nitrogen and oxygen atoms in total. The summed E-state index contributed by atoms with van der Waals surface area (Å²) in [6.07, 6.45) is 0.625. The molecule has 1 atom stereocenters. The van der Waals surface area contributed by atoms with Crippen LogP contribution < -0.4 is 10.6 Å². The van der Waals surface area contributed by atoms with E-state index in [1.165, 1.54) is 0 Å². The van der Waals surface area contributed by atoms with Crippen molar-refractivity contribution in [2.45, 2.75) is 24.3 Å². The number of para-hydroxylation sites is 1. The predicted octanol–water partition coefficient (Wildman–Crippen LogP) is 0.949. The predicted molar refractivity (Wildman–Crippen MR) is 86.5 cm³/mol. The zero-order valence-electron chi connectivity index (χ0n) is 12.8. The van der Waals surface area contributed by atoms with E-state index in [1.54, 1.807) is 12.1 Å². The monoisotopic (exact) mass is 311 g/mol. The van der Waals surface area contributed by atoms with Crippen LogP contribution in [0.15, 0.2) is 29.2 Å². The SMILES string of the molecule is CCCS(=O)(=O)c1ccccc1N1CCN(C)CC1CN.